The lowest BCUT2D eigenvalue weighted by molar-refractivity contribution is 0.0691. The van der Waals surface area contributed by atoms with E-state index in [2.05, 4.69) is 5.32 Å². The number of ether oxygens (including phenoxy) is 2. The summed E-state index contributed by atoms with van der Waals surface area (Å²) in [6.45, 7) is 3.04. The second-order valence-corrected chi connectivity index (χ2v) is 4.78. The zero-order valence-corrected chi connectivity index (χ0v) is 10.9. The van der Waals surface area contributed by atoms with Crippen molar-refractivity contribution in [2.75, 3.05) is 26.4 Å². The Bertz CT molecular complexity index is 368. The van der Waals surface area contributed by atoms with E-state index in [0.717, 1.165) is 26.2 Å². The van der Waals surface area contributed by atoms with Crippen molar-refractivity contribution in [3.63, 3.8) is 0 Å². The first kappa shape index (κ1) is 13.0. The molecule has 1 unspecified atom stereocenters. The Morgan fingerprint density at radius 2 is 2.29 bits per heavy atom. The third-order valence-electron chi connectivity index (χ3n) is 2.62. The van der Waals surface area contributed by atoms with Gasteiger partial charge in [-0.1, -0.05) is 23.2 Å². The normalized spacial score (nSPS) is 20.2. The number of rotatable bonds is 4. The molecule has 1 aliphatic rings. The third kappa shape index (κ3) is 4.03. The summed E-state index contributed by atoms with van der Waals surface area (Å²) in [5.74, 6) is 0.635. The van der Waals surface area contributed by atoms with E-state index >= 15 is 0 Å². The minimum Gasteiger partial charge on any atom is -0.492 e. The SMILES string of the molecule is Clc1ccc(Cl)c(OCCC2COCCN2)c1. The van der Waals surface area contributed by atoms with Gasteiger partial charge in [0.05, 0.1) is 24.8 Å². The fourth-order valence-electron chi connectivity index (χ4n) is 1.70. The maximum Gasteiger partial charge on any atom is 0.139 e. The van der Waals surface area contributed by atoms with Crippen LogP contribution >= 0.6 is 23.2 Å². The van der Waals surface area contributed by atoms with Gasteiger partial charge in [0.1, 0.15) is 5.75 Å². The van der Waals surface area contributed by atoms with Gasteiger partial charge in [0.2, 0.25) is 0 Å². The van der Waals surface area contributed by atoms with Gasteiger partial charge in [-0.3, -0.25) is 0 Å². The molecular weight excluding hydrogens is 261 g/mol. The van der Waals surface area contributed by atoms with Gasteiger partial charge in [0.15, 0.2) is 0 Å². The largest absolute Gasteiger partial charge is 0.492 e. The molecule has 0 spiro atoms. The molecule has 1 saturated heterocycles. The average molecular weight is 276 g/mol. The number of hydrogen-bond acceptors (Lipinski definition) is 3. The summed E-state index contributed by atoms with van der Waals surface area (Å²) in [5.41, 5.74) is 0. The number of hydrogen-bond donors (Lipinski definition) is 1. The number of morpholine rings is 1. The van der Waals surface area contributed by atoms with Crippen molar-refractivity contribution in [2.45, 2.75) is 12.5 Å². The molecule has 0 amide bonds. The van der Waals surface area contributed by atoms with Gasteiger partial charge in [-0.15, -0.1) is 0 Å². The Kier molecular flexibility index (Phi) is 4.92. The lowest BCUT2D eigenvalue weighted by atomic mass is 10.2. The molecule has 1 atom stereocenters. The molecule has 94 valence electrons. The summed E-state index contributed by atoms with van der Waals surface area (Å²) >= 11 is 11.9. The summed E-state index contributed by atoms with van der Waals surface area (Å²) in [6, 6.07) is 5.57. The average Bonchev–Trinajstić information content (AvgIpc) is 2.35. The van der Waals surface area contributed by atoms with Crippen molar-refractivity contribution in [1.82, 2.24) is 5.32 Å². The van der Waals surface area contributed by atoms with E-state index in [4.69, 9.17) is 32.7 Å². The Morgan fingerprint density at radius 1 is 1.41 bits per heavy atom. The minimum absolute atomic E-state index is 0.363. The van der Waals surface area contributed by atoms with Crippen molar-refractivity contribution in [1.29, 1.82) is 0 Å². The molecule has 17 heavy (non-hydrogen) atoms. The Hall–Kier alpha value is -0.480. The first-order valence-corrected chi connectivity index (χ1v) is 6.40. The zero-order chi connectivity index (χ0) is 12.1. The second-order valence-electron chi connectivity index (χ2n) is 3.94. The molecule has 1 aliphatic heterocycles. The van der Waals surface area contributed by atoms with Crippen LogP contribution in [0.3, 0.4) is 0 Å². The van der Waals surface area contributed by atoms with Crippen LogP contribution in [0.1, 0.15) is 6.42 Å². The third-order valence-corrected chi connectivity index (χ3v) is 3.16. The summed E-state index contributed by atoms with van der Waals surface area (Å²) in [4.78, 5) is 0. The minimum atomic E-state index is 0.363. The molecule has 0 aliphatic carbocycles. The van der Waals surface area contributed by atoms with E-state index in [1.165, 1.54) is 0 Å². The molecule has 0 bridgehead atoms. The molecule has 1 aromatic carbocycles. The van der Waals surface area contributed by atoms with Crippen LogP contribution in [0.4, 0.5) is 0 Å². The number of halogens is 2. The fourth-order valence-corrected chi connectivity index (χ4v) is 2.04. The molecule has 0 radical (unpaired) electrons. The van der Waals surface area contributed by atoms with Crippen LogP contribution in [-0.2, 0) is 4.74 Å². The van der Waals surface area contributed by atoms with E-state index < -0.39 is 0 Å². The summed E-state index contributed by atoms with van der Waals surface area (Å²) in [6.07, 6.45) is 0.892. The molecule has 3 nitrogen and oxygen atoms in total. The van der Waals surface area contributed by atoms with Gasteiger partial charge in [-0.05, 0) is 18.6 Å². The van der Waals surface area contributed by atoms with Crippen molar-refractivity contribution >= 4 is 23.2 Å². The van der Waals surface area contributed by atoms with E-state index in [1.54, 1.807) is 18.2 Å². The highest BCUT2D eigenvalue weighted by atomic mass is 35.5. The summed E-state index contributed by atoms with van der Waals surface area (Å²) < 4.78 is 11.0. The Morgan fingerprint density at radius 3 is 3.06 bits per heavy atom. The van der Waals surface area contributed by atoms with Crippen LogP contribution < -0.4 is 10.1 Å². The van der Waals surface area contributed by atoms with Crippen LogP contribution in [0.2, 0.25) is 10.0 Å². The van der Waals surface area contributed by atoms with Crippen molar-refractivity contribution in [2.24, 2.45) is 0 Å². The summed E-state index contributed by atoms with van der Waals surface area (Å²) in [7, 11) is 0. The highest BCUT2D eigenvalue weighted by Crippen LogP contribution is 2.27. The Labute approximate surface area is 111 Å². The van der Waals surface area contributed by atoms with Crippen LogP contribution in [0.5, 0.6) is 5.75 Å². The van der Waals surface area contributed by atoms with Gasteiger partial charge >= 0.3 is 0 Å². The number of nitrogens with one attached hydrogen (secondary N) is 1. The quantitative estimate of drug-likeness (QED) is 0.917. The lowest BCUT2D eigenvalue weighted by Gasteiger charge is -2.23. The maximum atomic E-state index is 5.99. The zero-order valence-electron chi connectivity index (χ0n) is 9.42. The van der Waals surface area contributed by atoms with E-state index in [1.807, 2.05) is 0 Å². The van der Waals surface area contributed by atoms with E-state index in [9.17, 15) is 0 Å². The van der Waals surface area contributed by atoms with Crippen LogP contribution in [-0.4, -0.2) is 32.4 Å². The molecular formula is C12H15Cl2NO2. The monoisotopic (exact) mass is 275 g/mol. The van der Waals surface area contributed by atoms with E-state index in [0.29, 0.717) is 28.4 Å². The first-order chi connectivity index (χ1) is 8.25. The molecule has 1 aromatic rings. The van der Waals surface area contributed by atoms with Crippen LogP contribution in [0.25, 0.3) is 0 Å². The predicted octanol–water partition coefficient (Wildman–Crippen LogP) is 2.75. The van der Waals surface area contributed by atoms with Gasteiger partial charge in [-0.25, -0.2) is 0 Å². The number of benzene rings is 1. The first-order valence-electron chi connectivity index (χ1n) is 5.64. The topological polar surface area (TPSA) is 30.5 Å². The summed E-state index contributed by atoms with van der Waals surface area (Å²) in [5, 5.41) is 4.58. The van der Waals surface area contributed by atoms with Crippen molar-refractivity contribution in [3.05, 3.63) is 28.2 Å². The molecule has 1 fully saturated rings. The molecule has 2 rings (SSSR count). The lowest BCUT2D eigenvalue weighted by Crippen LogP contribution is -2.41. The van der Waals surface area contributed by atoms with E-state index in [-0.39, 0.29) is 0 Å². The molecule has 1 heterocycles. The molecule has 0 aromatic heterocycles. The van der Waals surface area contributed by atoms with Gasteiger partial charge < -0.3 is 14.8 Å². The standard InChI is InChI=1S/C12H15Cl2NO2/c13-9-1-2-11(14)12(7-9)17-5-3-10-8-16-6-4-15-10/h1-2,7,10,15H,3-6,8H2. The second kappa shape index (κ2) is 6.45. The predicted molar refractivity (Wildman–Crippen MR) is 69.2 cm³/mol. The smallest absolute Gasteiger partial charge is 0.139 e. The molecule has 0 saturated carbocycles. The highest BCUT2D eigenvalue weighted by molar-refractivity contribution is 6.34. The Balaban J connectivity index is 1.79. The fraction of sp³-hybridized carbons (Fsp3) is 0.500. The van der Waals surface area contributed by atoms with Crippen LogP contribution in [0, 0.1) is 0 Å². The maximum absolute atomic E-state index is 5.99. The van der Waals surface area contributed by atoms with Crippen molar-refractivity contribution < 1.29 is 9.47 Å². The van der Waals surface area contributed by atoms with Crippen LogP contribution in [0.15, 0.2) is 18.2 Å². The molecule has 5 heteroatoms. The van der Waals surface area contributed by atoms with Crippen molar-refractivity contribution in [3.8, 4) is 5.75 Å². The van der Waals surface area contributed by atoms with Gasteiger partial charge in [0, 0.05) is 23.7 Å². The van der Waals surface area contributed by atoms with Gasteiger partial charge in [-0.2, -0.15) is 0 Å². The van der Waals surface area contributed by atoms with Gasteiger partial charge in [0.25, 0.3) is 0 Å². The molecule has 1 N–H and O–H groups in total. The highest BCUT2D eigenvalue weighted by Gasteiger charge is 2.13.